The zero-order valence-electron chi connectivity index (χ0n) is 10.6. The van der Waals surface area contributed by atoms with Gasteiger partial charge in [-0.3, -0.25) is 9.59 Å². The number of hydrogen-bond acceptors (Lipinski definition) is 4. The van der Waals surface area contributed by atoms with Crippen molar-refractivity contribution in [3.05, 3.63) is 29.8 Å². The molecule has 0 aliphatic rings. The lowest BCUT2D eigenvalue weighted by atomic mass is 10.0. The molecular weight excluding hydrogens is 232 g/mol. The molecule has 0 aliphatic heterocycles. The summed E-state index contributed by atoms with van der Waals surface area (Å²) in [6.45, 7) is 3.55. The SMILES string of the molecule is CCOC(=O)C[C@@H](N)c1ccc(NC(C)=O)cc1. The molecule has 3 N–H and O–H groups in total. The van der Waals surface area contributed by atoms with Crippen molar-refractivity contribution < 1.29 is 14.3 Å². The molecule has 0 spiro atoms. The molecule has 1 rings (SSSR count). The number of rotatable bonds is 5. The average Bonchev–Trinajstić information content (AvgIpc) is 2.29. The smallest absolute Gasteiger partial charge is 0.307 e. The van der Waals surface area contributed by atoms with E-state index in [-0.39, 0.29) is 18.3 Å². The van der Waals surface area contributed by atoms with Crippen molar-refractivity contribution in [1.82, 2.24) is 0 Å². The molecule has 0 saturated heterocycles. The third-order valence-electron chi connectivity index (χ3n) is 2.35. The molecule has 5 nitrogen and oxygen atoms in total. The Morgan fingerprint density at radius 3 is 2.44 bits per heavy atom. The van der Waals surface area contributed by atoms with E-state index in [0.29, 0.717) is 12.3 Å². The zero-order valence-corrected chi connectivity index (χ0v) is 10.6. The van der Waals surface area contributed by atoms with E-state index in [0.717, 1.165) is 5.56 Å². The van der Waals surface area contributed by atoms with E-state index in [1.807, 2.05) is 0 Å². The molecule has 0 heterocycles. The van der Waals surface area contributed by atoms with Crippen molar-refractivity contribution >= 4 is 17.6 Å². The largest absolute Gasteiger partial charge is 0.466 e. The van der Waals surface area contributed by atoms with Gasteiger partial charge in [0, 0.05) is 18.7 Å². The van der Waals surface area contributed by atoms with Crippen LogP contribution in [0.4, 0.5) is 5.69 Å². The predicted octanol–water partition coefficient (Wildman–Crippen LogP) is 1.60. The average molecular weight is 250 g/mol. The highest BCUT2D eigenvalue weighted by molar-refractivity contribution is 5.88. The van der Waals surface area contributed by atoms with E-state index < -0.39 is 6.04 Å². The number of carbonyl (C=O) groups excluding carboxylic acids is 2. The van der Waals surface area contributed by atoms with Crippen LogP contribution >= 0.6 is 0 Å². The van der Waals surface area contributed by atoms with E-state index in [4.69, 9.17) is 10.5 Å². The Labute approximate surface area is 106 Å². The fourth-order valence-electron chi connectivity index (χ4n) is 1.53. The highest BCUT2D eigenvalue weighted by Gasteiger charge is 2.12. The van der Waals surface area contributed by atoms with Gasteiger partial charge in [0.15, 0.2) is 0 Å². The Kier molecular flexibility index (Phi) is 5.32. The first-order valence-electron chi connectivity index (χ1n) is 5.81. The molecule has 1 atom stereocenters. The van der Waals surface area contributed by atoms with Gasteiger partial charge in [-0.25, -0.2) is 0 Å². The van der Waals surface area contributed by atoms with Crippen LogP contribution in [0.2, 0.25) is 0 Å². The van der Waals surface area contributed by atoms with Crippen molar-refractivity contribution in [1.29, 1.82) is 0 Å². The molecular formula is C13H18N2O3. The molecule has 5 heteroatoms. The summed E-state index contributed by atoms with van der Waals surface area (Å²) in [4.78, 5) is 22.1. The molecule has 0 bridgehead atoms. The third kappa shape index (κ3) is 4.55. The molecule has 0 radical (unpaired) electrons. The lowest BCUT2D eigenvalue weighted by molar-refractivity contribution is -0.143. The summed E-state index contributed by atoms with van der Waals surface area (Å²) >= 11 is 0. The van der Waals surface area contributed by atoms with Crippen molar-refractivity contribution in [2.75, 3.05) is 11.9 Å². The molecule has 1 amide bonds. The number of anilines is 1. The Morgan fingerprint density at radius 2 is 1.94 bits per heavy atom. The number of ether oxygens (including phenoxy) is 1. The topological polar surface area (TPSA) is 81.4 Å². The van der Waals surface area contributed by atoms with E-state index in [2.05, 4.69) is 5.32 Å². The molecule has 0 unspecified atom stereocenters. The fourth-order valence-corrected chi connectivity index (χ4v) is 1.53. The normalized spacial score (nSPS) is 11.7. The van der Waals surface area contributed by atoms with Gasteiger partial charge in [0.1, 0.15) is 0 Å². The Hall–Kier alpha value is -1.88. The summed E-state index contributed by atoms with van der Waals surface area (Å²) in [6, 6.07) is 6.68. The van der Waals surface area contributed by atoms with Crippen molar-refractivity contribution in [3.63, 3.8) is 0 Å². The Morgan fingerprint density at radius 1 is 1.33 bits per heavy atom. The van der Waals surface area contributed by atoms with Crippen LogP contribution in [0.15, 0.2) is 24.3 Å². The van der Waals surface area contributed by atoms with Crippen molar-refractivity contribution in [3.8, 4) is 0 Å². The minimum absolute atomic E-state index is 0.126. The molecule has 0 aromatic heterocycles. The van der Waals surface area contributed by atoms with Gasteiger partial charge in [0.05, 0.1) is 13.0 Å². The summed E-state index contributed by atoms with van der Waals surface area (Å²) in [5, 5.41) is 2.66. The van der Waals surface area contributed by atoms with Crippen molar-refractivity contribution in [2.45, 2.75) is 26.3 Å². The molecule has 98 valence electrons. The van der Waals surface area contributed by atoms with Gasteiger partial charge < -0.3 is 15.8 Å². The van der Waals surface area contributed by atoms with Gasteiger partial charge in [-0.15, -0.1) is 0 Å². The van der Waals surface area contributed by atoms with Gasteiger partial charge in [0.2, 0.25) is 5.91 Å². The second-order valence-electron chi connectivity index (χ2n) is 3.92. The maximum absolute atomic E-state index is 11.3. The van der Waals surface area contributed by atoms with Gasteiger partial charge in [0.25, 0.3) is 0 Å². The number of esters is 1. The number of benzene rings is 1. The number of amides is 1. The summed E-state index contributed by atoms with van der Waals surface area (Å²) in [7, 11) is 0. The quantitative estimate of drug-likeness (QED) is 0.778. The summed E-state index contributed by atoms with van der Waals surface area (Å²) < 4.78 is 4.83. The van der Waals surface area contributed by atoms with Gasteiger partial charge in [-0.2, -0.15) is 0 Å². The second kappa shape index (κ2) is 6.76. The molecule has 0 saturated carbocycles. The third-order valence-corrected chi connectivity index (χ3v) is 2.35. The van der Waals surface area contributed by atoms with Gasteiger partial charge in [-0.05, 0) is 24.6 Å². The van der Waals surface area contributed by atoms with Crippen LogP contribution in [-0.4, -0.2) is 18.5 Å². The van der Waals surface area contributed by atoms with Crippen LogP contribution in [-0.2, 0) is 14.3 Å². The Balaban J connectivity index is 2.61. The number of hydrogen-bond donors (Lipinski definition) is 2. The zero-order chi connectivity index (χ0) is 13.5. The van der Waals surface area contributed by atoms with Crippen LogP contribution in [0.1, 0.15) is 31.9 Å². The second-order valence-corrected chi connectivity index (χ2v) is 3.92. The molecule has 0 fully saturated rings. The fraction of sp³-hybridized carbons (Fsp3) is 0.385. The standard InChI is InChI=1S/C13H18N2O3/c1-3-18-13(17)8-12(14)10-4-6-11(7-5-10)15-9(2)16/h4-7,12H,3,8,14H2,1-2H3,(H,15,16)/t12-/m1/s1. The number of nitrogens with two attached hydrogens (primary N) is 1. The van der Waals surface area contributed by atoms with E-state index in [1.54, 1.807) is 31.2 Å². The summed E-state index contributed by atoms with van der Waals surface area (Å²) in [6.07, 6.45) is 0.146. The summed E-state index contributed by atoms with van der Waals surface area (Å²) in [5.41, 5.74) is 7.42. The van der Waals surface area contributed by atoms with Crippen LogP contribution < -0.4 is 11.1 Å². The maximum atomic E-state index is 11.3. The molecule has 0 aliphatic carbocycles. The molecule has 1 aromatic rings. The maximum Gasteiger partial charge on any atom is 0.307 e. The minimum Gasteiger partial charge on any atom is -0.466 e. The van der Waals surface area contributed by atoms with Crippen LogP contribution in [0.25, 0.3) is 0 Å². The minimum atomic E-state index is -0.393. The van der Waals surface area contributed by atoms with Gasteiger partial charge >= 0.3 is 5.97 Å². The molecule has 18 heavy (non-hydrogen) atoms. The van der Waals surface area contributed by atoms with E-state index in [9.17, 15) is 9.59 Å². The first kappa shape index (κ1) is 14.2. The van der Waals surface area contributed by atoms with E-state index in [1.165, 1.54) is 6.92 Å². The summed E-state index contributed by atoms with van der Waals surface area (Å²) in [5.74, 6) is -0.436. The Bertz CT molecular complexity index is 415. The van der Waals surface area contributed by atoms with Crippen LogP contribution in [0, 0.1) is 0 Å². The highest BCUT2D eigenvalue weighted by atomic mass is 16.5. The lowest BCUT2D eigenvalue weighted by Gasteiger charge is -2.12. The highest BCUT2D eigenvalue weighted by Crippen LogP contribution is 2.17. The lowest BCUT2D eigenvalue weighted by Crippen LogP contribution is -2.17. The van der Waals surface area contributed by atoms with E-state index >= 15 is 0 Å². The van der Waals surface area contributed by atoms with Crippen molar-refractivity contribution in [2.24, 2.45) is 5.73 Å². The molecule has 1 aromatic carbocycles. The van der Waals surface area contributed by atoms with Crippen LogP contribution in [0.3, 0.4) is 0 Å². The number of nitrogens with one attached hydrogen (secondary N) is 1. The number of carbonyl (C=O) groups is 2. The van der Waals surface area contributed by atoms with Crippen LogP contribution in [0.5, 0.6) is 0 Å². The predicted molar refractivity (Wildman–Crippen MR) is 68.9 cm³/mol. The monoisotopic (exact) mass is 250 g/mol. The first-order valence-corrected chi connectivity index (χ1v) is 5.81. The first-order chi connectivity index (χ1) is 8.52. The van der Waals surface area contributed by atoms with Gasteiger partial charge in [-0.1, -0.05) is 12.1 Å².